The van der Waals surface area contributed by atoms with Gasteiger partial charge in [-0.25, -0.2) is 4.79 Å². The molecule has 1 aromatic rings. The molecule has 4 nitrogen and oxygen atoms in total. The van der Waals surface area contributed by atoms with Crippen LogP contribution in [-0.2, 0) is 16.1 Å². The molecule has 5 heteroatoms. The Balaban J connectivity index is 1.70. The third-order valence-corrected chi connectivity index (χ3v) is 6.50. The van der Waals surface area contributed by atoms with Crippen LogP contribution >= 0.6 is 22.6 Å². The lowest BCUT2D eigenvalue weighted by atomic mass is 9.83. The van der Waals surface area contributed by atoms with Gasteiger partial charge in [-0.3, -0.25) is 4.90 Å². The second-order valence-corrected chi connectivity index (χ2v) is 8.86. The van der Waals surface area contributed by atoms with Gasteiger partial charge in [0.1, 0.15) is 12.3 Å². The highest BCUT2D eigenvalue weighted by atomic mass is 127. The second-order valence-electron chi connectivity index (χ2n) is 7.97. The minimum atomic E-state index is -0.622. The molecule has 0 aromatic heterocycles. The number of hydrogen-bond donors (Lipinski definition) is 0. The number of nitrogens with zero attached hydrogens (tertiary/aromatic N) is 1. The lowest BCUT2D eigenvalue weighted by Gasteiger charge is -2.35. The van der Waals surface area contributed by atoms with Gasteiger partial charge >= 0.3 is 6.09 Å². The fourth-order valence-electron chi connectivity index (χ4n) is 4.37. The van der Waals surface area contributed by atoms with E-state index in [0.717, 1.165) is 16.4 Å². The summed E-state index contributed by atoms with van der Waals surface area (Å²) in [5.74, 6) is 0.695. The average molecular weight is 471 g/mol. The Hall–Kier alpha value is -0.820. The quantitative estimate of drug-likeness (QED) is 0.419. The Morgan fingerprint density at radius 2 is 1.92 bits per heavy atom. The molecule has 0 N–H and O–H groups in total. The molecular weight excluding hydrogens is 441 g/mol. The molecule has 2 aliphatic rings. The summed E-state index contributed by atoms with van der Waals surface area (Å²) in [5.41, 5.74) is 0.385. The molecule has 1 heterocycles. The minimum Gasteiger partial charge on any atom is -0.444 e. The topological polar surface area (TPSA) is 38.8 Å². The lowest BCUT2D eigenvalue weighted by Crippen LogP contribution is -2.49. The van der Waals surface area contributed by atoms with Crippen LogP contribution in [0.5, 0.6) is 0 Å². The summed E-state index contributed by atoms with van der Waals surface area (Å²) in [6.07, 6.45) is 7.38. The zero-order valence-corrected chi connectivity index (χ0v) is 18.0. The Morgan fingerprint density at radius 1 is 1.23 bits per heavy atom. The third-order valence-electron chi connectivity index (χ3n) is 5.63. The number of ether oxygens (including phenoxy) is 2. The maximum atomic E-state index is 13.0. The van der Waals surface area contributed by atoms with Gasteiger partial charge in [0.15, 0.2) is 0 Å². The van der Waals surface area contributed by atoms with E-state index in [-0.39, 0.29) is 18.2 Å². The number of halogens is 1. The average Bonchev–Trinajstić information content (AvgIpc) is 2.91. The van der Waals surface area contributed by atoms with E-state index in [2.05, 4.69) is 22.6 Å². The summed E-state index contributed by atoms with van der Waals surface area (Å²) < 4.78 is 12.8. The van der Waals surface area contributed by atoms with Crippen molar-refractivity contribution >= 4 is 28.7 Å². The SMILES string of the molecule is CC1(C)O[C@@H](CI)[C@H](CC2CCCCC2)N1C(=O)OCc1ccccc1. The van der Waals surface area contributed by atoms with Crippen LogP contribution in [-0.4, -0.2) is 33.3 Å². The number of amides is 1. The van der Waals surface area contributed by atoms with Crippen molar-refractivity contribution in [3.63, 3.8) is 0 Å². The highest BCUT2D eigenvalue weighted by molar-refractivity contribution is 14.1. The highest BCUT2D eigenvalue weighted by Gasteiger charge is 2.50. The molecule has 26 heavy (non-hydrogen) atoms. The van der Waals surface area contributed by atoms with Crippen molar-refractivity contribution in [2.75, 3.05) is 4.43 Å². The maximum absolute atomic E-state index is 13.0. The zero-order chi connectivity index (χ0) is 18.6. The molecule has 2 fully saturated rings. The van der Waals surface area contributed by atoms with Gasteiger partial charge in [-0.05, 0) is 31.7 Å². The Bertz CT molecular complexity index is 586. The molecule has 1 aliphatic carbocycles. The van der Waals surface area contributed by atoms with Gasteiger partial charge in [-0.2, -0.15) is 0 Å². The van der Waals surface area contributed by atoms with E-state index < -0.39 is 5.72 Å². The van der Waals surface area contributed by atoms with Crippen LogP contribution in [0.25, 0.3) is 0 Å². The van der Waals surface area contributed by atoms with Gasteiger partial charge < -0.3 is 9.47 Å². The van der Waals surface area contributed by atoms with E-state index >= 15 is 0 Å². The molecular formula is C21H30INO3. The first kappa shape index (κ1) is 19.9. The molecule has 0 radical (unpaired) electrons. The van der Waals surface area contributed by atoms with Gasteiger partial charge in [0, 0.05) is 4.43 Å². The van der Waals surface area contributed by atoms with Crippen molar-refractivity contribution in [1.29, 1.82) is 0 Å². The van der Waals surface area contributed by atoms with E-state index in [0.29, 0.717) is 12.5 Å². The minimum absolute atomic E-state index is 0.0804. The lowest BCUT2D eigenvalue weighted by molar-refractivity contribution is -0.0655. The van der Waals surface area contributed by atoms with E-state index in [1.807, 2.05) is 49.1 Å². The zero-order valence-electron chi connectivity index (χ0n) is 15.8. The largest absolute Gasteiger partial charge is 0.444 e. The summed E-state index contributed by atoms with van der Waals surface area (Å²) in [6, 6.07) is 9.95. The molecule has 144 valence electrons. The van der Waals surface area contributed by atoms with Crippen LogP contribution in [0, 0.1) is 5.92 Å². The van der Waals surface area contributed by atoms with E-state index in [1.165, 1.54) is 32.1 Å². The van der Waals surface area contributed by atoms with Crippen LogP contribution in [0.3, 0.4) is 0 Å². The number of carbonyl (C=O) groups excluding carboxylic acids is 1. The molecule has 0 bridgehead atoms. The summed E-state index contributed by atoms with van der Waals surface area (Å²) in [5, 5.41) is 0. The van der Waals surface area contributed by atoms with Crippen molar-refractivity contribution in [1.82, 2.24) is 4.90 Å². The Labute approximate surface area is 170 Å². The van der Waals surface area contributed by atoms with Crippen molar-refractivity contribution < 1.29 is 14.3 Å². The Morgan fingerprint density at radius 3 is 2.58 bits per heavy atom. The smallest absolute Gasteiger partial charge is 0.412 e. The number of alkyl halides is 1. The predicted molar refractivity (Wildman–Crippen MR) is 111 cm³/mol. The fourth-order valence-corrected chi connectivity index (χ4v) is 5.14. The second kappa shape index (κ2) is 8.91. The predicted octanol–water partition coefficient (Wildman–Crippen LogP) is 5.53. The molecule has 1 amide bonds. The summed E-state index contributed by atoms with van der Waals surface area (Å²) >= 11 is 2.38. The molecule has 1 saturated heterocycles. The molecule has 2 atom stereocenters. The normalized spacial score (nSPS) is 26.0. The standard InChI is InChI=1S/C21H30INO3/c1-21(2)23(20(24)25-15-17-11-7-4-8-12-17)18(19(14-22)26-21)13-16-9-5-3-6-10-16/h4,7-8,11-12,16,18-19H,3,5-6,9-10,13-15H2,1-2H3/t18-,19-/m0/s1. The first-order valence-corrected chi connectivity index (χ1v) is 11.3. The van der Waals surface area contributed by atoms with Crippen LogP contribution in [0.1, 0.15) is 57.9 Å². The van der Waals surface area contributed by atoms with Crippen molar-refractivity contribution in [2.24, 2.45) is 5.92 Å². The third kappa shape index (κ3) is 4.71. The van der Waals surface area contributed by atoms with Gasteiger partial charge in [-0.15, -0.1) is 0 Å². The van der Waals surface area contributed by atoms with Gasteiger partial charge in [-0.1, -0.05) is 85.0 Å². The van der Waals surface area contributed by atoms with E-state index in [9.17, 15) is 4.79 Å². The van der Waals surface area contributed by atoms with E-state index in [1.54, 1.807) is 0 Å². The molecule has 0 spiro atoms. The highest BCUT2D eigenvalue weighted by Crippen LogP contribution is 2.39. The number of rotatable bonds is 5. The van der Waals surface area contributed by atoms with Crippen LogP contribution in [0.4, 0.5) is 4.79 Å². The van der Waals surface area contributed by atoms with Crippen molar-refractivity contribution in [2.45, 2.75) is 76.9 Å². The van der Waals surface area contributed by atoms with Crippen molar-refractivity contribution in [3.8, 4) is 0 Å². The van der Waals surface area contributed by atoms with Gasteiger partial charge in [0.25, 0.3) is 0 Å². The fraction of sp³-hybridized carbons (Fsp3) is 0.667. The first-order valence-electron chi connectivity index (χ1n) is 9.75. The molecule has 0 unspecified atom stereocenters. The summed E-state index contributed by atoms with van der Waals surface area (Å²) in [4.78, 5) is 14.8. The Kier molecular flexibility index (Phi) is 6.83. The maximum Gasteiger partial charge on any atom is 0.412 e. The monoisotopic (exact) mass is 471 g/mol. The van der Waals surface area contributed by atoms with Crippen LogP contribution in [0.15, 0.2) is 30.3 Å². The molecule has 1 saturated carbocycles. The van der Waals surface area contributed by atoms with E-state index in [4.69, 9.17) is 9.47 Å². The molecule has 3 rings (SSSR count). The number of hydrogen-bond acceptors (Lipinski definition) is 3. The van der Waals surface area contributed by atoms with Crippen LogP contribution < -0.4 is 0 Å². The van der Waals surface area contributed by atoms with Crippen LogP contribution in [0.2, 0.25) is 0 Å². The number of benzene rings is 1. The first-order chi connectivity index (χ1) is 12.5. The summed E-state index contributed by atoms with van der Waals surface area (Å²) in [7, 11) is 0. The molecule has 1 aromatic carbocycles. The number of carbonyl (C=O) groups is 1. The van der Waals surface area contributed by atoms with Gasteiger partial charge in [0.05, 0.1) is 12.1 Å². The van der Waals surface area contributed by atoms with Crippen molar-refractivity contribution in [3.05, 3.63) is 35.9 Å². The van der Waals surface area contributed by atoms with Gasteiger partial charge in [0.2, 0.25) is 0 Å². The summed E-state index contributed by atoms with van der Waals surface area (Å²) in [6.45, 7) is 4.27. The molecule has 1 aliphatic heterocycles.